The number of benzene rings is 1. The summed E-state index contributed by atoms with van der Waals surface area (Å²) in [6.07, 6.45) is -2.11. The monoisotopic (exact) mass is 446 g/mol. The molecule has 2 fully saturated rings. The minimum Gasteiger partial charge on any atom is -0.447 e. The first kappa shape index (κ1) is 22.3. The molecule has 2 N–H and O–H groups in total. The number of alkyl halides is 1. The maximum Gasteiger partial charge on any atom is 0.416 e. The average Bonchev–Trinajstić information content (AvgIpc) is 3.16. The van der Waals surface area contributed by atoms with E-state index < -0.39 is 24.3 Å². The van der Waals surface area contributed by atoms with Crippen LogP contribution in [0.3, 0.4) is 0 Å². The number of piperazine rings is 1. The normalized spacial score (nSPS) is 21.3. The zero-order chi connectivity index (χ0) is 22.7. The van der Waals surface area contributed by atoms with E-state index in [1.54, 1.807) is 0 Å². The van der Waals surface area contributed by atoms with E-state index in [1.165, 1.54) is 12.5 Å². The lowest BCUT2D eigenvalue weighted by Crippen LogP contribution is -2.42. The third-order valence-corrected chi connectivity index (χ3v) is 5.81. The lowest BCUT2D eigenvalue weighted by molar-refractivity contribution is 0.174. The minimum absolute atomic E-state index is 0.0161. The highest BCUT2D eigenvalue weighted by Gasteiger charge is 2.39. The van der Waals surface area contributed by atoms with Crippen LogP contribution in [-0.2, 0) is 11.3 Å². The molecule has 0 radical (unpaired) electrons. The van der Waals surface area contributed by atoms with Gasteiger partial charge in [0.05, 0.1) is 6.04 Å². The van der Waals surface area contributed by atoms with Gasteiger partial charge in [0, 0.05) is 38.8 Å². The van der Waals surface area contributed by atoms with Crippen LogP contribution in [0, 0.1) is 5.95 Å². The lowest BCUT2D eigenvalue weighted by Gasteiger charge is -2.27. The summed E-state index contributed by atoms with van der Waals surface area (Å²) in [4.78, 5) is 23.5. The van der Waals surface area contributed by atoms with Gasteiger partial charge in [0.1, 0.15) is 24.6 Å². The van der Waals surface area contributed by atoms with E-state index in [4.69, 9.17) is 4.74 Å². The van der Waals surface area contributed by atoms with E-state index in [2.05, 4.69) is 37.6 Å². The second kappa shape index (κ2) is 9.74. The van der Waals surface area contributed by atoms with Crippen molar-refractivity contribution in [3.05, 3.63) is 47.4 Å². The highest BCUT2D eigenvalue weighted by molar-refractivity contribution is 5.89. The Morgan fingerprint density at radius 1 is 1.22 bits per heavy atom. The zero-order valence-electron chi connectivity index (χ0n) is 18.2. The standard InChI is InChI=1S/C22H28F2N6O2/c1-14(23)18-13-32-22(31)30(18)20-11-19(24)27-21(28-20)26-15(2)17-5-3-16(4-6-17)12-29-9-7-25-8-10-29/h3-6,11,14-15,18,25H,7-10,12-13H2,1-2H3,(H,26,27,28)/t14?,15?,18-/m1/s1. The van der Waals surface area contributed by atoms with Crippen LogP contribution in [0.4, 0.5) is 25.3 Å². The van der Waals surface area contributed by atoms with Crippen LogP contribution >= 0.6 is 0 Å². The van der Waals surface area contributed by atoms with Crippen molar-refractivity contribution in [1.82, 2.24) is 20.2 Å². The Bertz CT molecular complexity index is 937. The molecule has 1 aromatic heterocycles. The molecule has 2 aliphatic heterocycles. The molecular weight excluding hydrogens is 418 g/mol. The van der Waals surface area contributed by atoms with Crippen molar-refractivity contribution in [2.45, 2.75) is 38.6 Å². The summed E-state index contributed by atoms with van der Waals surface area (Å²) >= 11 is 0. The number of carbonyl (C=O) groups excluding carboxylic acids is 1. The first-order valence-electron chi connectivity index (χ1n) is 10.8. The molecule has 2 aliphatic rings. The fourth-order valence-electron chi connectivity index (χ4n) is 3.95. The molecule has 10 heteroatoms. The molecule has 1 aromatic carbocycles. The first-order chi connectivity index (χ1) is 15.4. The van der Waals surface area contributed by atoms with Gasteiger partial charge in [-0.05, 0) is 25.0 Å². The fraction of sp³-hybridized carbons (Fsp3) is 0.500. The number of anilines is 2. The topological polar surface area (TPSA) is 82.6 Å². The number of carbonyl (C=O) groups is 1. The molecular formula is C22H28F2N6O2. The predicted octanol–water partition coefficient (Wildman–Crippen LogP) is 2.88. The van der Waals surface area contributed by atoms with E-state index in [-0.39, 0.29) is 24.4 Å². The van der Waals surface area contributed by atoms with Gasteiger partial charge < -0.3 is 15.4 Å². The molecule has 0 bridgehead atoms. The Morgan fingerprint density at radius 3 is 2.62 bits per heavy atom. The number of nitrogens with one attached hydrogen (secondary N) is 2. The fourth-order valence-corrected chi connectivity index (χ4v) is 3.95. The van der Waals surface area contributed by atoms with Gasteiger partial charge in [0.2, 0.25) is 11.9 Å². The van der Waals surface area contributed by atoms with E-state index in [0.717, 1.165) is 49.3 Å². The van der Waals surface area contributed by atoms with E-state index >= 15 is 0 Å². The van der Waals surface area contributed by atoms with Crippen molar-refractivity contribution in [2.75, 3.05) is 43.0 Å². The number of halogens is 2. The number of hydrogen-bond donors (Lipinski definition) is 2. The molecule has 0 spiro atoms. The van der Waals surface area contributed by atoms with Gasteiger partial charge in [-0.1, -0.05) is 24.3 Å². The van der Waals surface area contributed by atoms with Crippen LogP contribution in [0.15, 0.2) is 30.3 Å². The molecule has 0 saturated carbocycles. The van der Waals surface area contributed by atoms with Crippen molar-refractivity contribution in [3.8, 4) is 0 Å². The summed E-state index contributed by atoms with van der Waals surface area (Å²) in [5, 5.41) is 6.42. The number of aromatic nitrogens is 2. The first-order valence-corrected chi connectivity index (χ1v) is 10.8. The molecule has 2 aromatic rings. The van der Waals surface area contributed by atoms with Gasteiger partial charge in [-0.15, -0.1) is 0 Å². The Hall–Kier alpha value is -2.85. The third kappa shape index (κ3) is 5.13. The maximum atomic E-state index is 14.2. The molecule has 172 valence electrons. The van der Waals surface area contributed by atoms with Gasteiger partial charge in [-0.3, -0.25) is 9.80 Å². The summed E-state index contributed by atoms with van der Waals surface area (Å²) in [5.41, 5.74) is 2.21. The summed E-state index contributed by atoms with van der Waals surface area (Å²) in [7, 11) is 0. The van der Waals surface area contributed by atoms with Gasteiger partial charge >= 0.3 is 6.09 Å². The van der Waals surface area contributed by atoms with Gasteiger partial charge in [0.25, 0.3) is 0 Å². The quantitative estimate of drug-likeness (QED) is 0.633. The largest absolute Gasteiger partial charge is 0.447 e. The molecule has 0 aliphatic carbocycles. The predicted molar refractivity (Wildman–Crippen MR) is 117 cm³/mol. The zero-order valence-corrected chi connectivity index (χ0v) is 18.2. The molecule has 32 heavy (non-hydrogen) atoms. The number of hydrogen-bond acceptors (Lipinski definition) is 7. The second-order valence-corrected chi connectivity index (χ2v) is 8.20. The molecule has 2 unspecified atom stereocenters. The Kier molecular flexibility index (Phi) is 6.80. The number of rotatable bonds is 7. The highest BCUT2D eigenvalue weighted by atomic mass is 19.1. The lowest BCUT2D eigenvalue weighted by atomic mass is 10.1. The van der Waals surface area contributed by atoms with Crippen LogP contribution in [0.2, 0.25) is 0 Å². The third-order valence-electron chi connectivity index (χ3n) is 5.81. The molecule has 3 atom stereocenters. The number of nitrogens with zero attached hydrogens (tertiary/aromatic N) is 4. The van der Waals surface area contributed by atoms with Crippen molar-refractivity contribution >= 4 is 17.9 Å². The van der Waals surface area contributed by atoms with Crippen LogP contribution in [0.25, 0.3) is 0 Å². The summed E-state index contributed by atoms with van der Waals surface area (Å²) < 4.78 is 33.0. The van der Waals surface area contributed by atoms with Gasteiger partial charge in [-0.25, -0.2) is 9.18 Å². The minimum atomic E-state index is -1.35. The molecule has 4 rings (SSSR count). The molecule has 8 nitrogen and oxygen atoms in total. The van der Waals surface area contributed by atoms with E-state index in [0.29, 0.717) is 0 Å². The molecule has 3 heterocycles. The Morgan fingerprint density at radius 2 is 1.94 bits per heavy atom. The van der Waals surface area contributed by atoms with Gasteiger partial charge in [0.15, 0.2) is 0 Å². The van der Waals surface area contributed by atoms with Crippen LogP contribution in [0.5, 0.6) is 0 Å². The summed E-state index contributed by atoms with van der Waals surface area (Å²) in [6, 6.07) is 8.15. The van der Waals surface area contributed by atoms with Crippen molar-refractivity contribution in [1.29, 1.82) is 0 Å². The Balaban J connectivity index is 1.45. The summed E-state index contributed by atoms with van der Waals surface area (Å²) in [6.45, 7) is 8.11. The SMILES string of the molecule is CC(Nc1nc(F)cc(N2C(=O)OC[C@@H]2C(C)F)n1)c1ccc(CN2CCNCC2)cc1. The number of amides is 1. The van der Waals surface area contributed by atoms with E-state index in [1.807, 2.05) is 19.1 Å². The molecule has 2 saturated heterocycles. The highest BCUT2D eigenvalue weighted by Crippen LogP contribution is 2.26. The second-order valence-electron chi connectivity index (χ2n) is 8.20. The van der Waals surface area contributed by atoms with Crippen molar-refractivity contribution < 1.29 is 18.3 Å². The Labute approximate surface area is 186 Å². The van der Waals surface area contributed by atoms with Crippen molar-refractivity contribution in [3.63, 3.8) is 0 Å². The smallest absolute Gasteiger partial charge is 0.416 e. The van der Waals surface area contributed by atoms with Crippen LogP contribution in [0.1, 0.15) is 31.0 Å². The number of cyclic esters (lactones) is 1. The summed E-state index contributed by atoms with van der Waals surface area (Å²) in [5.74, 6) is -0.834. The van der Waals surface area contributed by atoms with Crippen LogP contribution in [-0.4, -0.2) is 66.0 Å². The van der Waals surface area contributed by atoms with Crippen molar-refractivity contribution in [2.24, 2.45) is 0 Å². The number of ether oxygens (including phenoxy) is 1. The average molecular weight is 447 g/mol. The van der Waals surface area contributed by atoms with Gasteiger partial charge in [-0.2, -0.15) is 14.4 Å². The molecule has 1 amide bonds. The van der Waals surface area contributed by atoms with E-state index in [9.17, 15) is 13.6 Å². The maximum absolute atomic E-state index is 14.2. The van der Waals surface area contributed by atoms with Crippen LogP contribution < -0.4 is 15.5 Å².